The van der Waals surface area contributed by atoms with Gasteiger partial charge in [0.15, 0.2) is 0 Å². The number of aromatic nitrogens is 2. The number of aryl methyl sites for hydroxylation is 1. The molecule has 2 rings (SSSR count). The number of nitrogens with zero attached hydrogens (tertiary/aromatic N) is 2. The van der Waals surface area contributed by atoms with Gasteiger partial charge in [-0.05, 0) is 24.6 Å². The van der Waals surface area contributed by atoms with Crippen LogP contribution in [0.5, 0.6) is 0 Å². The largest absolute Gasteiger partial charge is 0.344 e. The standard InChI is InChI=1S/C19H25FN4O2/c1-12(22-18(26)19(2,3)4)17(25)23-15(16-21-10-11-24(16)5)13-6-8-14(20)9-7-13/h6-12,15H,1-5H3,(H,22,26)(H,23,25). The average Bonchev–Trinajstić information content (AvgIpc) is 2.98. The zero-order chi connectivity index (χ0) is 19.5. The lowest BCUT2D eigenvalue weighted by molar-refractivity contribution is -0.133. The molecule has 1 aromatic carbocycles. The van der Waals surface area contributed by atoms with E-state index in [4.69, 9.17) is 0 Å². The maximum atomic E-state index is 13.3. The van der Waals surface area contributed by atoms with Crippen LogP contribution >= 0.6 is 0 Å². The average molecular weight is 360 g/mol. The van der Waals surface area contributed by atoms with Crippen LogP contribution in [0.15, 0.2) is 36.7 Å². The van der Waals surface area contributed by atoms with Crippen molar-refractivity contribution in [3.8, 4) is 0 Å². The van der Waals surface area contributed by atoms with E-state index in [0.717, 1.165) is 0 Å². The summed E-state index contributed by atoms with van der Waals surface area (Å²) in [5.41, 5.74) is 0.105. The Morgan fingerprint density at radius 1 is 1.15 bits per heavy atom. The van der Waals surface area contributed by atoms with Crippen molar-refractivity contribution in [3.05, 3.63) is 53.9 Å². The van der Waals surface area contributed by atoms with Crippen molar-refractivity contribution in [1.29, 1.82) is 0 Å². The smallest absolute Gasteiger partial charge is 0.243 e. The Bertz CT molecular complexity index is 778. The number of hydrogen-bond donors (Lipinski definition) is 2. The highest BCUT2D eigenvalue weighted by Gasteiger charge is 2.27. The third-order valence-electron chi connectivity index (χ3n) is 4.03. The number of amides is 2. The number of carbonyl (C=O) groups excluding carboxylic acids is 2. The molecule has 0 aliphatic carbocycles. The van der Waals surface area contributed by atoms with Gasteiger partial charge in [0.1, 0.15) is 23.7 Å². The highest BCUT2D eigenvalue weighted by Crippen LogP contribution is 2.21. The van der Waals surface area contributed by atoms with E-state index in [9.17, 15) is 14.0 Å². The Kier molecular flexibility index (Phi) is 5.79. The fourth-order valence-electron chi connectivity index (χ4n) is 2.35. The molecule has 26 heavy (non-hydrogen) atoms. The van der Waals surface area contributed by atoms with Crippen molar-refractivity contribution in [2.45, 2.75) is 39.8 Å². The van der Waals surface area contributed by atoms with Crippen molar-refractivity contribution in [2.75, 3.05) is 0 Å². The molecule has 0 bridgehead atoms. The predicted octanol–water partition coefficient (Wildman–Crippen LogP) is 2.32. The Hall–Kier alpha value is -2.70. The maximum Gasteiger partial charge on any atom is 0.243 e. The third kappa shape index (κ3) is 4.68. The second-order valence-corrected chi connectivity index (χ2v) is 7.33. The van der Waals surface area contributed by atoms with Crippen LogP contribution in [0.25, 0.3) is 0 Å². The van der Waals surface area contributed by atoms with Crippen LogP contribution in [0.1, 0.15) is 45.1 Å². The molecule has 6 nitrogen and oxygen atoms in total. The molecule has 140 valence electrons. The topological polar surface area (TPSA) is 76.0 Å². The quantitative estimate of drug-likeness (QED) is 0.859. The fourth-order valence-corrected chi connectivity index (χ4v) is 2.35. The van der Waals surface area contributed by atoms with Crippen molar-refractivity contribution in [3.63, 3.8) is 0 Å². The highest BCUT2D eigenvalue weighted by molar-refractivity contribution is 5.89. The summed E-state index contributed by atoms with van der Waals surface area (Å²) in [4.78, 5) is 29.0. The van der Waals surface area contributed by atoms with Crippen LogP contribution in [0.3, 0.4) is 0 Å². The normalized spacial score (nSPS) is 13.8. The molecule has 0 saturated heterocycles. The number of carbonyl (C=O) groups is 2. The van der Waals surface area contributed by atoms with Gasteiger partial charge in [-0.15, -0.1) is 0 Å². The van der Waals surface area contributed by atoms with E-state index in [1.54, 1.807) is 56.8 Å². The fraction of sp³-hybridized carbons (Fsp3) is 0.421. The summed E-state index contributed by atoms with van der Waals surface area (Å²) in [6, 6.07) is 4.60. The van der Waals surface area contributed by atoms with Gasteiger partial charge in [-0.2, -0.15) is 0 Å². The van der Waals surface area contributed by atoms with Crippen molar-refractivity contribution >= 4 is 11.8 Å². The molecule has 0 saturated carbocycles. The summed E-state index contributed by atoms with van der Waals surface area (Å²) in [5, 5.41) is 5.60. The van der Waals surface area contributed by atoms with Crippen LogP contribution < -0.4 is 10.6 Å². The van der Waals surface area contributed by atoms with Crippen LogP contribution in [0, 0.1) is 11.2 Å². The first-order valence-electron chi connectivity index (χ1n) is 8.43. The molecule has 2 atom stereocenters. The first-order chi connectivity index (χ1) is 12.1. The van der Waals surface area contributed by atoms with Gasteiger partial charge in [-0.1, -0.05) is 32.9 Å². The van der Waals surface area contributed by atoms with E-state index < -0.39 is 17.5 Å². The molecule has 0 fully saturated rings. The van der Waals surface area contributed by atoms with Crippen molar-refractivity contribution in [1.82, 2.24) is 20.2 Å². The molecule has 0 aliphatic heterocycles. The molecule has 2 amide bonds. The molecule has 7 heteroatoms. The van der Waals surface area contributed by atoms with E-state index in [1.165, 1.54) is 12.1 Å². The summed E-state index contributed by atoms with van der Waals surface area (Å²) in [6.45, 7) is 6.96. The van der Waals surface area contributed by atoms with Gasteiger partial charge in [0, 0.05) is 24.9 Å². The van der Waals surface area contributed by atoms with E-state index in [1.807, 2.05) is 7.05 Å². The SMILES string of the molecule is CC(NC(=O)C(C)(C)C)C(=O)NC(c1ccc(F)cc1)c1nccn1C. The second kappa shape index (κ2) is 7.68. The molecule has 0 aliphatic rings. The molecule has 0 spiro atoms. The second-order valence-electron chi connectivity index (χ2n) is 7.33. The molecular formula is C19H25FN4O2. The number of hydrogen-bond acceptors (Lipinski definition) is 3. The van der Waals surface area contributed by atoms with Gasteiger partial charge in [0.25, 0.3) is 0 Å². The van der Waals surface area contributed by atoms with Gasteiger partial charge < -0.3 is 15.2 Å². The lowest BCUT2D eigenvalue weighted by atomic mass is 9.95. The van der Waals surface area contributed by atoms with Crippen LogP contribution in [-0.2, 0) is 16.6 Å². The number of imidazole rings is 1. The van der Waals surface area contributed by atoms with Gasteiger partial charge in [-0.3, -0.25) is 9.59 Å². The van der Waals surface area contributed by atoms with E-state index in [-0.39, 0.29) is 17.6 Å². The van der Waals surface area contributed by atoms with E-state index in [2.05, 4.69) is 15.6 Å². The monoisotopic (exact) mass is 360 g/mol. The van der Waals surface area contributed by atoms with E-state index in [0.29, 0.717) is 11.4 Å². The predicted molar refractivity (Wildman–Crippen MR) is 96.7 cm³/mol. The zero-order valence-electron chi connectivity index (χ0n) is 15.7. The lowest BCUT2D eigenvalue weighted by Crippen LogP contribution is -2.49. The summed E-state index contributed by atoms with van der Waals surface area (Å²) < 4.78 is 15.0. The molecule has 2 unspecified atom stereocenters. The number of benzene rings is 1. The summed E-state index contributed by atoms with van der Waals surface area (Å²) in [5.74, 6) is -0.306. The summed E-state index contributed by atoms with van der Waals surface area (Å²) >= 11 is 0. The van der Waals surface area contributed by atoms with Crippen molar-refractivity contribution < 1.29 is 14.0 Å². The Balaban J connectivity index is 2.22. The Labute approximate surface area is 152 Å². The van der Waals surface area contributed by atoms with Crippen LogP contribution in [0.4, 0.5) is 4.39 Å². The Morgan fingerprint density at radius 2 is 1.77 bits per heavy atom. The van der Waals surface area contributed by atoms with E-state index >= 15 is 0 Å². The van der Waals surface area contributed by atoms with Crippen LogP contribution in [0.2, 0.25) is 0 Å². The Morgan fingerprint density at radius 3 is 2.27 bits per heavy atom. The van der Waals surface area contributed by atoms with Gasteiger partial charge >= 0.3 is 0 Å². The van der Waals surface area contributed by atoms with Gasteiger partial charge in [0.05, 0.1) is 0 Å². The molecule has 0 radical (unpaired) electrons. The zero-order valence-corrected chi connectivity index (χ0v) is 15.7. The highest BCUT2D eigenvalue weighted by atomic mass is 19.1. The molecule has 2 N–H and O–H groups in total. The first-order valence-corrected chi connectivity index (χ1v) is 8.43. The van der Waals surface area contributed by atoms with Crippen LogP contribution in [-0.4, -0.2) is 27.4 Å². The molecule has 2 aromatic rings. The minimum Gasteiger partial charge on any atom is -0.344 e. The minimum absolute atomic E-state index is 0.213. The summed E-state index contributed by atoms with van der Waals surface area (Å²) in [7, 11) is 1.82. The van der Waals surface area contributed by atoms with Gasteiger partial charge in [-0.25, -0.2) is 9.37 Å². The van der Waals surface area contributed by atoms with Gasteiger partial charge in [0.2, 0.25) is 11.8 Å². The number of nitrogens with one attached hydrogen (secondary N) is 2. The lowest BCUT2D eigenvalue weighted by Gasteiger charge is -2.24. The van der Waals surface area contributed by atoms with Crippen molar-refractivity contribution in [2.24, 2.45) is 12.5 Å². The molecule has 1 heterocycles. The summed E-state index contributed by atoms with van der Waals surface area (Å²) in [6.07, 6.45) is 3.39. The maximum absolute atomic E-state index is 13.3. The number of rotatable bonds is 5. The molecule has 1 aromatic heterocycles. The molecular weight excluding hydrogens is 335 g/mol. The first kappa shape index (κ1) is 19.6. The third-order valence-corrected chi connectivity index (χ3v) is 4.03. The minimum atomic E-state index is -0.718. The number of halogens is 1.